The van der Waals surface area contributed by atoms with Crippen molar-refractivity contribution in [1.29, 1.82) is 0 Å². The molecule has 0 spiro atoms. The zero-order chi connectivity index (χ0) is 13.9. The van der Waals surface area contributed by atoms with E-state index < -0.39 is 0 Å². The number of benzene rings is 1. The summed E-state index contributed by atoms with van der Waals surface area (Å²) in [6.07, 6.45) is 4.35. The molecule has 0 bridgehead atoms. The van der Waals surface area contributed by atoms with E-state index in [0.29, 0.717) is 6.04 Å². The Kier molecular flexibility index (Phi) is 4.20. The first-order valence-electron chi connectivity index (χ1n) is 7.18. The third kappa shape index (κ3) is 2.95. The van der Waals surface area contributed by atoms with Crippen molar-refractivity contribution in [3.8, 4) is 0 Å². The van der Waals surface area contributed by atoms with Gasteiger partial charge in [0.2, 0.25) is 0 Å². The van der Waals surface area contributed by atoms with Crippen LogP contribution >= 0.6 is 11.6 Å². The molecule has 106 valence electrons. The number of nitrogens with one attached hydrogen (secondary N) is 1. The number of likely N-dealkylation sites (tertiary alicyclic amines) is 1. The third-order valence-electron chi connectivity index (χ3n) is 4.01. The van der Waals surface area contributed by atoms with E-state index in [1.165, 1.54) is 24.9 Å². The van der Waals surface area contributed by atoms with E-state index >= 15 is 0 Å². The Morgan fingerprint density at radius 1 is 1.40 bits per heavy atom. The van der Waals surface area contributed by atoms with Crippen molar-refractivity contribution in [2.75, 3.05) is 20.1 Å². The fourth-order valence-corrected chi connectivity index (χ4v) is 3.14. The van der Waals surface area contributed by atoms with Crippen molar-refractivity contribution in [3.05, 3.63) is 41.0 Å². The molecule has 20 heavy (non-hydrogen) atoms. The van der Waals surface area contributed by atoms with Crippen molar-refractivity contribution in [3.63, 3.8) is 0 Å². The Labute approximate surface area is 124 Å². The molecule has 0 saturated carbocycles. The zero-order valence-corrected chi connectivity index (χ0v) is 12.5. The van der Waals surface area contributed by atoms with E-state index in [1.807, 2.05) is 24.4 Å². The van der Waals surface area contributed by atoms with Gasteiger partial charge >= 0.3 is 0 Å². The van der Waals surface area contributed by atoms with E-state index in [2.05, 4.69) is 28.3 Å². The highest BCUT2D eigenvalue weighted by molar-refractivity contribution is 6.35. The average molecular weight is 290 g/mol. The van der Waals surface area contributed by atoms with Crippen LogP contribution in [0.3, 0.4) is 0 Å². The Morgan fingerprint density at radius 3 is 3.15 bits per heavy atom. The van der Waals surface area contributed by atoms with Crippen LogP contribution in [-0.4, -0.2) is 36.1 Å². The largest absolute Gasteiger partial charge is 0.309 e. The molecule has 1 saturated heterocycles. The standard InChI is InChI=1S/C16H20ClN3/c1-20-9-3-4-13(11-20)19-10-12-6-7-15(17)14-5-2-8-18-16(12)14/h2,5-8,13,19H,3-4,9-11H2,1H3. The molecule has 1 aliphatic heterocycles. The van der Waals surface area contributed by atoms with Gasteiger partial charge in [-0.3, -0.25) is 4.98 Å². The average Bonchev–Trinajstić information content (AvgIpc) is 2.47. The third-order valence-corrected chi connectivity index (χ3v) is 4.34. The predicted octanol–water partition coefficient (Wildman–Crippen LogP) is 3.07. The summed E-state index contributed by atoms with van der Waals surface area (Å²) in [6.45, 7) is 3.19. The lowest BCUT2D eigenvalue weighted by Gasteiger charge is -2.30. The number of hydrogen-bond donors (Lipinski definition) is 1. The number of aromatic nitrogens is 1. The van der Waals surface area contributed by atoms with Crippen LogP contribution in [0.4, 0.5) is 0 Å². The number of likely N-dealkylation sites (N-methyl/N-ethyl adjacent to an activating group) is 1. The van der Waals surface area contributed by atoms with Gasteiger partial charge in [0.25, 0.3) is 0 Å². The quantitative estimate of drug-likeness (QED) is 0.941. The molecule has 3 nitrogen and oxygen atoms in total. The van der Waals surface area contributed by atoms with Gasteiger partial charge in [-0.1, -0.05) is 17.7 Å². The molecular weight excluding hydrogens is 270 g/mol. The Hall–Kier alpha value is -1.16. The van der Waals surface area contributed by atoms with Crippen molar-refractivity contribution in [2.24, 2.45) is 0 Å². The van der Waals surface area contributed by atoms with Gasteiger partial charge in [0.05, 0.1) is 5.52 Å². The van der Waals surface area contributed by atoms with E-state index in [0.717, 1.165) is 29.0 Å². The second kappa shape index (κ2) is 6.08. The minimum atomic E-state index is 0.572. The molecule has 1 N–H and O–H groups in total. The Balaban J connectivity index is 1.76. The Morgan fingerprint density at radius 2 is 2.30 bits per heavy atom. The van der Waals surface area contributed by atoms with Gasteiger partial charge in [0, 0.05) is 35.7 Å². The summed E-state index contributed by atoms with van der Waals surface area (Å²) in [6, 6.07) is 8.58. The zero-order valence-electron chi connectivity index (χ0n) is 11.8. The summed E-state index contributed by atoms with van der Waals surface area (Å²) in [5, 5.41) is 5.46. The summed E-state index contributed by atoms with van der Waals surface area (Å²) >= 11 is 6.23. The van der Waals surface area contributed by atoms with Crippen LogP contribution in [0, 0.1) is 0 Å². The van der Waals surface area contributed by atoms with E-state index in [1.54, 1.807) is 0 Å². The van der Waals surface area contributed by atoms with E-state index in [-0.39, 0.29) is 0 Å². The number of pyridine rings is 1. The maximum absolute atomic E-state index is 6.23. The maximum atomic E-state index is 6.23. The summed E-state index contributed by atoms with van der Waals surface area (Å²) in [4.78, 5) is 6.87. The van der Waals surface area contributed by atoms with Gasteiger partial charge in [0.1, 0.15) is 0 Å². The van der Waals surface area contributed by atoms with Gasteiger partial charge in [-0.05, 0) is 50.2 Å². The van der Waals surface area contributed by atoms with Crippen molar-refractivity contribution in [2.45, 2.75) is 25.4 Å². The van der Waals surface area contributed by atoms with Gasteiger partial charge in [0.15, 0.2) is 0 Å². The predicted molar refractivity (Wildman–Crippen MR) is 84.1 cm³/mol. The first kappa shape index (κ1) is 13.8. The molecule has 1 aromatic carbocycles. The maximum Gasteiger partial charge on any atom is 0.0761 e. The lowest BCUT2D eigenvalue weighted by Crippen LogP contribution is -2.43. The molecule has 1 aromatic heterocycles. The smallest absolute Gasteiger partial charge is 0.0761 e. The van der Waals surface area contributed by atoms with Gasteiger partial charge in [-0.15, -0.1) is 0 Å². The summed E-state index contributed by atoms with van der Waals surface area (Å²) in [7, 11) is 2.19. The van der Waals surface area contributed by atoms with E-state index in [4.69, 9.17) is 11.6 Å². The molecule has 2 aromatic rings. The van der Waals surface area contributed by atoms with Crippen molar-refractivity contribution in [1.82, 2.24) is 15.2 Å². The topological polar surface area (TPSA) is 28.2 Å². The lowest BCUT2D eigenvalue weighted by atomic mass is 10.1. The number of nitrogens with zero attached hydrogens (tertiary/aromatic N) is 2. The van der Waals surface area contributed by atoms with Gasteiger partial charge in [-0.25, -0.2) is 0 Å². The van der Waals surface area contributed by atoms with Crippen molar-refractivity contribution < 1.29 is 0 Å². The molecule has 4 heteroatoms. The summed E-state index contributed by atoms with van der Waals surface area (Å²) < 4.78 is 0. The van der Waals surface area contributed by atoms with Gasteiger partial charge < -0.3 is 10.2 Å². The SMILES string of the molecule is CN1CCCC(NCc2ccc(Cl)c3cccnc23)C1. The highest BCUT2D eigenvalue weighted by Gasteiger charge is 2.16. The monoisotopic (exact) mass is 289 g/mol. The molecule has 0 radical (unpaired) electrons. The molecular formula is C16H20ClN3. The van der Waals surface area contributed by atoms with Crippen LogP contribution in [0.15, 0.2) is 30.5 Å². The summed E-state index contributed by atoms with van der Waals surface area (Å²) in [5.74, 6) is 0. The molecule has 2 heterocycles. The summed E-state index contributed by atoms with van der Waals surface area (Å²) in [5.41, 5.74) is 2.23. The van der Waals surface area contributed by atoms with Crippen LogP contribution in [0.1, 0.15) is 18.4 Å². The fourth-order valence-electron chi connectivity index (χ4n) is 2.93. The molecule has 1 atom stereocenters. The molecule has 1 unspecified atom stereocenters. The van der Waals surface area contributed by atoms with Crippen LogP contribution in [-0.2, 0) is 6.54 Å². The van der Waals surface area contributed by atoms with Crippen LogP contribution in [0.2, 0.25) is 5.02 Å². The minimum Gasteiger partial charge on any atom is -0.309 e. The first-order chi connectivity index (χ1) is 9.74. The second-order valence-electron chi connectivity index (χ2n) is 5.59. The number of hydrogen-bond acceptors (Lipinski definition) is 3. The van der Waals surface area contributed by atoms with Crippen LogP contribution in [0.25, 0.3) is 10.9 Å². The molecule has 3 rings (SSSR count). The van der Waals surface area contributed by atoms with Gasteiger partial charge in [-0.2, -0.15) is 0 Å². The first-order valence-corrected chi connectivity index (χ1v) is 7.56. The highest BCUT2D eigenvalue weighted by atomic mass is 35.5. The van der Waals surface area contributed by atoms with Crippen molar-refractivity contribution >= 4 is 22.5 Å². The van der Waals surface area contributed by atoms with Crippen LogP contribution in [0.5, 0.6) is 0 Å². The molecule has 0 aliphatic carbocycles. The lowest BCUT2D eigenvalue weighted by molar-refractivity contribution is 0.226. The van der Waals surface area contributed by atoms with E-state index in [9.17, 15) is 0 Å². The molecule has 0 amide bonds. The number of fused-ring (bicyclic) bond motifs is 1. The second-order valence-corrected chi connectivity index (χ2v) is 6.00. The number of piperidine rings is 1. The minimum absolute atomic E-state index is 0.572. The van der Waals surface area contributed by atoms with Crippen LogP contribution < -0.4 is 5.32 Å². The fraction of sp³-hybridized carbons (Fsp3) is 0.438. The Bertz CT molecular complexity index is 599. The highest BCUT2D eigenvalue weighted by Crippen LogP contribution is 2.24. The molecule has 1 fully saturated rings. The molecule has 1 aliphatic rings. The number of halogens is 1. The normalized spacial score (nSPS) is 20.4. The number of rotatable bonds is 3.